The number of hydrogen-bond donors (Lipinski definition) is 2. The van der Waals surface area contributed by atoms with Crippen LogP contribution in [0.15, 0.2) is 23.5 Å². The number of fused-ring (bicyclic) bond motifs is 1. The molecule has 2 spiro atoms. The van der Waals surface area contributed by atoms with Crippen molar-refractivity contribution in [3.05, 3.63) is 23.5 Å². The highest BCUT2D eigenvalue weighted by molar-refractivity contribution is 5.95. The average molecular weight is 545 g/mol. The lowest BCUT2D eigenvalue weighted by molar-refractivity contribution is -0.235. The molecule has 0 amide bonds. The lowest BCUT2D eigenvalue weighted by Crippen LogP contribution is -2.51. The van der Waals surface area contributed by atoms with E-state index in [2.05, 4.69) is 0 Å². The van der Waals surface area contributed by atoms with Crippen molar-refractivity contribution < 1.29 is 48.3 Å². The Bertz CT molecular complexity index is 1240. The molecule has 0 radical (unpaired) electrons. The van der Waals surface area contributed by atoms with Crippen molar-refractivity contribution in [2.75, 3.05) is 6.61 Å². The molecule has 1 saturated carbocycles. The third-order valence-electron chi connectivity index (χ3n) is 10.3. The van der Waals surface area contributed by atoms with E-state index in [-0.39, 0.29) is 37.6 Å². The molecule has 5 heterocycles. The number of carbonyl (C=O) groups is 4. The third kappa shape index (κ3) is 3.67. The number of cyclic esters (lactones) is 1. The van der Waals surface area contributed by atoms with Crippen LogP contribution in [0.4, 0.5) is 0 Å². The topological polar surface area (TPSA) is 146 Å². The Hall–Kier alpha value is -2.40. The standard InChI is InChI=1S/C29H36O10/c1-15(9-17-10-16(2)24(34)36-17)22(32)25(3)7-8-27-13-28-19(6-5-18(27)23(33)29(35,12-25)39-27)26(4,14-30)37-20(28)11-21(31)38-28/h9-10,15,18-20,30,35H,5-8,11-14H2,1-4H3/b17-9-/t15-,18+,19+,20-,25+,26+,27+,28-,29-/m1/s1. The van der Waals surface area contributed by atoms with Gasteiger partial charge >= 0.3 is 11.9 Å². The number of carbonyl (C=O) groups excluding carboxylic acids is 4. The maximum absolute atomic E-state index is 13.8. The van der Waals surface area contributed by atoms with Gasteiger partial charge < -0.3 is 29.2 Å². The molecule has 1 aliphatic carbocycles. The van der Waals surface area contributed by atoms with Crippen LogP contribution >= 0.6 is 0 Å². The zero-order valence-electron chi connectivity index (χ0n) is 22.8. The minimum atomic E-state index is -2.16. The molecule has 2 bridgehead atoms. The minimum Gasteiger partial charge on any atom is -0.456 e. The number of Topliss-reactive ketones (excluding diaryl/α,β-unsaturated/α-hetero) is 2. The first-order valence-corrected chi connectivity index (χ1v) is 13.8. The van der Waals surface area contributed by atoms with Gasteiger partial charge in [-0.05, 0) is 51.7 Å². The van der Waals surface area contributed by atoms with E-state index in [1.165, 1.54) is 0 Å². The van der Waals surface area contributed by atoms with E-state index < -0.39 is 63.7 Å². The molecule has 10 nitrogen and oxygen atoms in total. The van der Waals surface area contributed by atoms with E-state index in [0.717, 1.165) is 0 Å². The van der Waals surface area contributed by atoms with Gasteiger partial charge in [-0.2, -0.15) is 0 Å². The number of rotatable bonds is 4. The van der Waals surface area contributed by atoms with Gasteiger partial charge in [-0.3, -0.25) is 14.4 Å². The second kappa shape index (κ2) is 8.31. The van der Waals surface area contributed by atoms with Crippen LogP contribution in [0.5, 0.6) is 0 Å². The van der Waals surface area contributed by atoms with Crippen molar-refractivity contribution in [2.45, 2.75) is 101 Å². The van der Waals surface area contributed by atoms with Crippen LogP contribution < -0.4 is 0 Å². The molecule has 212 valence electrons. The Morgan fingerprint density at radius 2 is 1.92 bits per heavy atom. The van der Waals surface area contributed by atoms with Gasteiger partial charge in [-0.15, -0.1) is 0 Å². The average Bonchev–Trinajstić information content (AvgIpc) is 3.39. The maximum atomic E-state index is 13.8. The van der Waals surface area contributed by atoms with Gasteiger partial charge in [0.05, 0.1) is 30.1 Å². The predicted octanol–water partition coefficient (Wildman–Crippen LogP) is 2.05. The molecule has 2 N–H and O–H groups in total. The van der Waals surface area contributed by atoms with E-state index in [9.17, 15) is 29.4 Å². The third-order valence-corrected chi connectivity index (χ3v) is 10.3. The summed E-state index contributed by atoms with van der Waals surface area (Å²) in [6.45, 7) is 6.63. The first-order valence-electron chi connectivity index (χ1n) is 13.8. The van der Waals surface area contributed by atoms with E-state index in [4.69, 9.17) is 18.9 Å². The van der Waals surface area contributed by atoms with Crippen molar-refractivity contribution in [3.63, 3.8) is 0 Å². The molecule has 0 aromatic carbocycles. The Kier molecular flexibility index (Phi) is 5.71. The number of aliphatic hydroxyl groups is 2. The quantitative estimate of drug-likeness (QED) is 0.504. The van der Waals surface area contributed by atoms with Crippen molar-refractivity contribution in [1.82, 2.24) is 0 Å². The normalized spacial score (nSPS) is 48.5. The molecule has 0 aromatic heterocycles. The van der Waals surface area contributed by atoms with Crippen molar-refractivity contribution in [1.29, 1.82) is 0 Å². The van der Waals surface area contributed by atoms with Crippen LogP contribution in [0.2, 0.25) is 0 Å². The van der Waals surface area contributed by atoms with Crippen LogP contribution in [0.25, 0.3) is 0 Å². The highest BCUT2D eigenvalue weighted by atomic mass is 16.7. The smallest absolute Gasteiger partial charge is 0.339 e. The Labute approximate surface area is 226 Å². The summed E-state index contributed by atoms with van der Waals surface area (Å²) in [5, 5.41) is 21.9. The fourth-order valence-electron chi connectivity index (χ4n) is 8.49. The number of allylic oxidation sites excluding steroid dienone is 2. The molecule has 9 atom stereocenters. The van der Waals surface area contributed by atoms with Gasteiger partial charge in [-0.25, -0.2) is 4.79 Å². The van der Waals surface area contributed by atoms with Crippen LogP contribution in [-0.2, 0) is 38.1 Å². The molecule has 0 aromatic rings. The van der Waals surface area contributed by atoms with Gasteiger partial charge in [0.2, 0.25) is 5.79 Å². The summed E-state index contributed by atoms with van der Waals surface area (Å²) >= 11 is 0. The molecule has 6 aliphatic rings. The van der Waals surface area contributed by atoms with Crippen molar-refractivity contribution in [3.8, 4) is 0 Å². The zero-order chi connectivity index (χ0) is 28.2. The summed E-state index contributed by atoms with van der Waals surface area (Å²) < 4.78 is 23.8. The summed E-state index contributed by atoms with van der Waals surface area (Å²) in [6, 6.07) is 0. The van der Waals surface area contributed by atoms with E-state index in [1.54, 1.807) is 39.8 Å². The van der Waals surface area contributed by atoms with Crippen LogP contribution in [-0.4, -0.2) is 69.0 Å². The monoisotopic (exact) mass is 544 g/mol. The summed E-state index contributed by atoms with van der Waals surface area (Å²) in [4.78, 5) is 51.9. The van der Waals surface area contributed by atoms with Crippen LogP contribution in [0.1, 0.15) is 72.6 Å². The van der Waals surface area contributed by atoms with Gasteiger partial charge in [0.1, 0.15) is 23.2 Å². The number of hydrogen-bond acceptors (Lipinski definition) is 10. The Morgan fingerprint density at radius 3 is 2.59 bits per heavy atom. The first-order chi connectivity index (χ1) is 18.2. The Morgan fingerprint density at radius 1 is 1.18 bits per heavy atom. The Balaban J connectivity index is 1.33. The van der Waals surface area contributed by atoms with Gasteiger partial charge in [0.15, 0.2) is 5.78 Å². The van der Waals surface area contributed by atoms with E-state index in [1.807, 2.05) is 0 Å². The molecular weight excluding hydrogens is 508 g/mol. The molecular formula is C29H36O10. The number of ether oxygens (including phenoxy) is 4. The summed E-state index contributed by atoms with van der Waals surface area (Å²) in [7, 11) is 0. The number of esters is 2. The molecule has 5 fully saturated rings. The second-order valence-corrected chi connectivity index (χ2v) is 13.1. The molecule has 39 heavy (non-hydrogen) atoms. The summed E-state index contributed by atoms with van der Waals surface area (Å²) in [5.74, 6) is -4.96. The number of aliphatic hydroxyl groups excluding tert-OH is 1. The SMILES string of the molecule is CC1=C/C(=C/[C@@H](C)C(=O)[C@@]2(C)CC[C@]34C[C@]56OC(=O)C[C@H]5O[C@@](C)(CO)[C@@H]6CC[C@H]3C(=O)[C@@](O)(C2)O4)OC1=O. The summed E-state index contributed by atoms with van der Waals surface area (Å²) in [6.07, 6.45) is 4.08. The van der Waals surface area contributed by atoms with E-state index >= 15 is 0 Å². The van der Waals surface area contributed by atoms with Gasteiger partial charge in [-0.1, -0.05) is 13.8 Å². The van der Waals surface area contributed by atoms with Crippen LogP contribution in [0.3, 0.4) is 0 Å². The lowest BCUT2D eigenvalue weighted by atomic mass is 9.64. The molecule has 0 unspecified atom stereocenters. The zero-order valence-corrected chi connectivity index (χ0v) is 22.8. The molecule has 6 rings (SSSR count). The largest absolute Gasteiger partial charge is 0.456 e. The lowest BCUT2D eigenvalue weighted by Gasteiger charge is -2.40. The minimum absolute atomic E-state index is 0.0475. The van der Waals surface area contributed by atoms with Gasteiger partial charge in [0.25, 0.3) is 0 Å². The molecule has 5 aliphatic heterocycles. The maximum Gasteiger partial charge on any atom is 0.339 e. The highest BCUT2D eigenvalue weighted by Crippen LogP contribution is 2.64. The molecule has 10 heteroatoms. The van der Waals surface area contributed by atoms with Crippen molar-refractivity contribution >= 4 is 23.5 Å². The fraction of sp³-hybridized carbons (Fsp3) is 0.724. The summed E-state index contributed by atoms with van der Waals surface area (Å²) in [5.41, 5.74) is -3.82. The predicted molar refractivity (Wildman–Crippen MR) is 132 cm³/mol. The van der Waals surface area contributed by atoms with Gasteiger partial charge in [0, 0.05) is 35.7 Å². The number of ketones is 2. The van der Waals surface area contributed by atoms with Crippen LogP contribution in [0, 0.1) is 23.2 Å². The second-order valence-electron chi connectivity index (χ2n) is 13.1. The van der Waals surface area contributed by atoms with Crippen molar-refractivity contribution in [2.24, 2.45) is 23.2 Å². The fourth-order valence-corrected chi connectivity index (χ4v) is 8.49. The highest BCUT2D eigenvalue weighted by Gasteiger charge is 2.75. The molecule has 4 saturated heterocycles. The van der Waals surface area contributed by atoms with E-state index in [0.29, 0.717) is 37.0 Å². The first kappa shape index (κ1) is 26.8.